The van der Waals surface area contributed by atoms with Crippen LogP contribution in [-0.4, -0.2) is 45.3 Å². The number of dihydropyridines is 1. The Labute approximate surface area is 204 Å². The fraction of sp³-hybridized carbons (Fsp3) is 0.333. The Morgan fingerprint density at radius 2 is 1.57 bits per heavy atom. The molecule has 184 valence electrons. The van der Waals surface area contributed by atoms with Gasteiger partial charge in [0.2, 0.25) is 0 Å². The van der Waals surface area contributed by atoms with Gasteiger partial charge >= 0.3 is 5.97 Å². The maximum atomic E-state index is 13.6. The molecule has 0 fully saturated rings. The Morgan fingerprint density at radius 3 is 2.20 bits per heavy atom. The number of aromatic hydroxyl groups is 1. The lowest BCUT2D eigenvalue weighted by atomic mass is 9.71. The van der Waals surface area contributed by atoms with E-state index in [1.807, 2.05) is 18.2 Å². The number of benzene rings is 2. The fourth-order valence-corrected chi connectivity index (χ4v) is 4.98. The van der Waals surface area contributed by atoms with Crippen LogP contribution in [0.5, 0.6) is 23.0 Å². The van der Waals surface area contributed by atoms with Crippen LogP contribution >= 0.6 is 0 Å². The van der Waals surface area contributed by atoms with Gasteiger partial charge in [0, 0.05) is 29.3 Å². The number of hydrogen-bond acceptors (Lipinski definition) is 8. The third-order valence-corrected chi connectivity index (χ3v) is 6.65. The lowest BCUT2D eigenvalue weighted by Crippen LogP contribution is -2.36. The first-order chi connectivity index (χ1) is 16.8. The Hall–Kier alpha value is -3.94. The quantitative estimate of drug-likeness (QED) is 0.601. The maximum absolute atomic E-state index is 13.6. The van der Waals surface area contributed by atoms with Gasteiger partial charge in [-0.3, -0.25) is 4.79 Å². The van der Waals surface area contributed by atoms with Crippen LogP contribution in [0.1, 0.15) is 42.7 Å². The SMILES string of the molecule is COC(=O)C1=C(C)NC2=C(C(=O)CC(c3ccc(OC)c(OC)c3)C2)C1c1ccc(OC)c(O)c1. The van der Waals surface area contributed by atoms with E-state index in [1.54, 1.807) is 33.3 Å². The molecule has 1 aliphatic heterocycles. The predicted molar refractivity (Wildman–Crippen MR) is 129 cm³/mol. The van der Waals surface area contributed by atoms with E-state index in [0.717, 1.165) is 11.3 Å². The van der Waals surface area contributed by atoms with Gasteiger partial charge in [-0.05, 0) is 54.7 Å². The molecule has 2 atom stereocenters. The number of ether oxygens (including phenoxy) is 4. The highest BCUT2D eigenvalue weighted by Crippen LogP contribution is 2.47. The highest BCUT2D eigenvalue weighted by Gasteiger charge is 2.41. The van der Waals surface area contributed by atoms with Crippen LogP contribution in [0, 0.1) is 0 Å². The lowest BCUT2D eigenvalue weighted by Gasteiger charge is -2.36. The number of esters is 1. The number of ketones is 1. The monoisotopic (exact) mass is 479 g/mol. The van der Waals surface area contributed by atoms with E-state index in [2.05, 4.69) is 5.32 Å². The number of carbonyl (C=O) groups excluding carboxylic acids is 2. The predicted octanol–water partition coefficient (Wildman–Crippen LogP) is 3.95. The van der Waals surface area contributed by atoms with E-state index in [1.165, 1.54) is 20.3 Å². The number of allylic oxidation sites excluding steroid dienone is 3. The summed E-state index contributed by atoms with van der Waals surface area (Å²) < 4.78 is 21.0. The average molecular weight is 480 g/mol. The molecule has 8 heteroatoms. The van der Waals surface area contributed by atoms with Crippen molar-refractivity contribution in [3.8, 4) is 23.0 Å². The van der Waals surface area contributed by atoms with Gasteiger partial charge in [0.15, 0.2) is 28.8 Å². The number of phenolic OH excluding ortho intramolecular Hbond substituents is 1. The molecule has 0 aromatic heterocycles. The summed E-state index contributed by atoms with van der Waals surface area (Å²) in [4.78, 5) is 26.4. The Balaban J connectivity index is 1.79. The molecule has 0 bridgehead atoms. The molecule has 8 nitrogen and oxygen atoms in total. The van der Waals surface area contributed by atoms with Crippen molar-refractivity contribution in [2.75, 3.05) is 28.4 Å². The van der Waals surface area contributed by atoms with E-state index in [4.69, 9.17) is 18.9 Å². The summed E-state index contributed by atoms with van der Waals surface area (Å²) >= 11 is 0. The molecule has 0 radical (unpaired) electrons. The van der Waals surface area contributed by atoms with Crippen molar-refractivity contribution in [2.24, 2.45) is 0 Å². The van der Waals surface area contributed by atoms with Crippen molar-refractivity contribution in [2.45, 2.75) is 31.6 Å². The summed E-state index contributed by atoms with van der Waals surface area (Å²) in [7, 11) is 5.93. The van der Waals surface area contributed by atoms with Crippen molar-refractivity contribution in [1.29, 1.82) is 0 Å². The lowest BCUT2D eigenvalue weighted by molar-refractivity contribution is -0.136. The minimum absolute atomic E-state index is 0.0704. The van der Waals surface area contributed by atoms with Crippen molar-refractivity contribution in [3.05, 3.63) is 70.1 Å². The number of rotatable bonds is 6. The first-order valence-corrected chi connectivity index (χ1v) is 11.2. The average Bonchev–Trinajstić information content (AvgIpc) is 2.86. The second-order valence-corrected chi connectivity index (χ2v) is 8.55. The van der Waals surface area contributed by atoms with Crippen LogP contribution in [0.4, 0.5) is 0 Å². The molecule has 1 heterocycles. The van der Waals surface area contributed by atoms with Crippen LogP contribution in [0.2, 0.25) is 0 Å². The summed E-state index contributed by atoms with van der Waals surface area (Å²) in [6.07, 6.45) is 0.836. The first-order valence-electron chi connectivity index (χ1n) is 11.2. The summed E-state index contributed by atoms with van der Waals surface area (Å²) in [6.45, 7) is 1.79. The number of hydrogen-bond donors (Lipinski definition) is 2. The van der Waals surface area contributed by atoms with Crippen LogP contribution < -0.4 is 19.5 Å². The number of Topliss-reactive ketones (excluding diaryl/α,β-unsaturated/α-hetero) is 1. The normalized spacial score (nSPS) is 19.6. The summed E-state index contributed by atoms with van der Waals surface area (Å²) in [5.74, 6) is 0.101. The van der Waals surface area contributed by atoms with Gasteiger partial charge in [0.1, 0.15) is 0 Å². The van der Waals surface area contributed by atoms with Crippen molar-refractivity contribution >= 4 is 11.8 Å². The molecule has 0 spiro atoms. The summed E-state index contributed by atoms with van der Waals surface area (Å²) in [5, 5.41) is 13.7. The van der Waals surface area contributed by atoms with Crippen molar-refractivity contribution in [3.63, 3.8) is 0 Å². The van der Waals surface area contributed by atoms with E-state index in [0.29, 0.717) is 46.1 Å². The van der Waals surface area contributed by atoms with Crippen LogP contribution in [0.25, 0.3) is 0 Å². The van der Waals surface area contributed by atoms with E-state index >= 15 is 0 Å². The molecule has 4 rings (SSSR count). The summed E-state index contributed by atoms with van der Waals surface area (Å²) in [6, 6.07) is 10.6. The highest BCUT2D eigenvalue weighted by atomic mass is 16.5. The fourth-order valence-electron chi connectivity index (χ4n) is 4.98. The highest BCUT2D eigenvalue weighted by molar-refractivity contribution is 6.04. The molecular weight excluding hydrogens is 450 g/mol. The number of phenols is 1. The van der Waals surface area contributed by atoms with E-state index in [-0.39, 0.29) is 23.9 Å². The molecule has 2 aliphatic rings. The summed E-state index contributed by atoms with van der Waals surface area (Å²) in [5.41, 5.74) is 3.78. The number of carbonyl (C=O) groups is 2. The maximum Gasteiger partial charge on any atom is 0.336 e. The Bertz CT molecular complexity index is 1240. The topological polar surface area (TPSA) is 103 Å². The third kappa shape index (κ3) is 4.32. The number of methoxy groups -OCH3 is 4. The molecule has 2 unspecified atom stereocenters. The van der Waals surface area contributed by atoms with E-state index in [9.17, 15) is 14.7 Å². The second kappa shape index (κ2) is 9.74. The molecule has 2 N–H and O–H groups in total. The Kier molecular flexibility index (Phi) is 6.73. The van der Waals surface area contributed by atoms with Gasteiger partial charge in [-0.1, -0.05) is 12.1 Å². The molecule has 0 saturated heterocycles. The van der Waals surface area contributed by atoms with Crippen LogP contribution in [0.3, 0.4) is 0 Å². The van der Waals surface area contributed by atoms with Gasteiger partial charge < -0.3 is 29.4 Å². The van der Waals surface area contributed by atoms with Gasteiger partial charge in [0.05, 0.1) is 34.0 Å². The molecular formula is C27H29NO7. The van der Waals surface area contributed by atoms with Crippen LogP contribution in [0.15, 0.2) is 58.9 Å². The van der Waals surface area contributed by atoms with Crippen LogP contribution in [-0.2, 0) is 14.3 Å². The van der Waals surface area contributed by atoms with Gasteiger partial charge in [-0.25, -0.2) is 4.79 Å². The van der Waals surface area contributed by atoms with Gasteiger partial charge in [-0.2, -0.15) is 0 Å². The van der Waals surface area contributed by atoms with Crippen molar-refractivity contribution in [1.82, 2.24) is 5.32 Å². The van der Waals surface area contributed by atoms with Gasteiger partial charge in [0.25, 0.3) is 0 Å². The largest absolute Gasteiger partial charge is 0.504 e. The zero-order valence-electron chi connectivity index (χ0n) is 20.4. The first kappa shape index (κ1) is 24.2. The molecule has 2 aromatic rings. The molecule has 0 amide bonds. The minimum Gasteiger partial charge on any atom is -0.504 e. The van der Waals surface area contributed by atoms with E-state index < -0.39 is 11.9 Å². The number of nitrogens with one attached hydrogen (secondary N) is 1. The zero-order chi connectivity index (χ0) is 25.3. The Morgan fingerprint density at radius 1 is 0.914 bits per heavy atom. The molecule has 35 heavy (non-hydrogen) atoms. The molecule has 1 aliphatic carbocycles. The van der Waals surface area contributed by atoms with Crippen molar-refractivity contribution < 1.29 is 33.6 Å². The zero-order valence-corrected chi connectivity index (χ0v) is 20.4. The second-order valence-electron chi connectivity index (χ2n) is 8.55. The third-order valence-electron chi connectivity index (χ3n) is 6.65. The smallest absolute Gasteiger partial charge is 0.336 e. The molecule has 2 aromatic carbocycles. The van der Waals surface area contributed by atoms with Gasteiger partial charge in [-0.15, -0.1) is 0 Å². The minimum atomic E-state index is -0.672. The molecule has 0 saturated carbocycles. The standard InChI is InChI=1S/C27H29NO7/c1-14-24(27(31)35-5)25(16-7-8-21(32-2)19(29)11-16)26-18(28-14)10-17(12-20(26)30)15-6-9-22(33-3)23(13-15)34-4/h6-9,11,13,17,25,28-29H,10,12H2,1-5H3.